The summed E-state index contributed by atoms with van der Waals surface area (Å²) in [6, 6.07) is 0. The SMILES string of the molecule is CCCCCC(O)[N+](C)(C)CC. The van der Waals surface area contributed by atoms with Gasteiger partial charge in [-0.15, -0.1) is 0 Å². The topological polar surface area (TPSA) is 20.2 Å². The third kappa shape index (κ3) is 4.07. The zero-order valence-corrected chi connectivity index (χ0v) is 9.01. The molecule has 0 amide bonds. The molecule has 1 unspecified atom stereocenters. The maximum absolute atomic E-state index is 9.78. The van der Waals surface area contributed by atoms with Crippen molar-refractivity contribution in [3.05, 3.63) is 0 Å². The molecule has 0 heterocycles. The van der Waals surface area contributed by atoms with E-state index in [4.69, 9.17) is 0 Å². The number of hydrogen-bond acceptors (Lipinski definition) is 1. The third-order valence-corrected chi connectivity index (χ3v) is 2.69. The normalized spacial score (nSPS) is 14.8. The van der Waals surface area contributed by atoms with Crippen LogP contribution in [0.4, 0.5) is 0 Å². The Kier molecular flexibility index (Phi) is 5.51. The summed E-state index contributed by atoms with van der Waals surface area (Å²) in [4.78, 5) is 0. The molecule has 0 aliphatic heterocycles. The van der Waals surface area contributed by atoms with E-state index >= 15 is 0 Å². The molecule has 0 saturated carbocycles. The molecular formula is C10H24NO+. The van der Waals surface area contributed by atoms with Crippen LogP contribution in [0.25, 0.3) is 0 Å². The second-order valence-electron chi connectivity index (χ2n) is 4.07. The van der Waals surface area contributed by atoms with Gasteiger partial charge in [0.05, 0.1) is 20.6 Å². The van der Waals surface area contributed by atoms with Crippen molar-refractivity contribution in [1.82, 2.24) is 0 Å². The van der Waals surface area contributed by atoms with E-state index in [-0.39, 0.29) is 6.23 Å². The zero-order chi connectivity index (χ0) is 9.61. The number of quaternary nitrogens is 1. The first-order chi connectivity index (χ1) is 5.54. The minimum atomic E-state index is -0.179. The van der Waals surface area contributed by atoms with E-state index in [1.165, 1.54) is 12.8 Å². The van der Waals surface area contributed by atoms with Gasteiger partial charge in [0.15, 0.2) is 6.23 Å². The van der Waals surface area contributed by atoms with Crippen molar-refractivity contribution in [3.63, 3.8) is 0 Å². The molecule has 0 radical (unpaired) electrons. The molecule has 0 aromatic rings. The van der Waals surface area contributed by atoms with Crippen LogP contribution in [0.1, 0.15) is 39.5 Å². The average Bonchev–Trinajstić information content (AvgIpc) is 2.05. The van der Waals surface area contributed by atoms with E-state index in [0.717, 1.165) is 23.9 Å². The highest BCUT2D eigenvalue weighted by atomic mass is 16.3. The number of unbranched alkanes of at least 4 members (excludes halogenated alkanes) is 2. The van der Waals surface area contributed by atoms with Crippen molar-refractivity contribution in [2.24, 2.45) is 0 Å². The minimum Gasteiger partial charge on any atom is -0.345 e. The minimum absolute atomic E-state index is 0.179. The number of hydrogen-bond donors (Lipinski definition) is 1. The highest BCUT2D eigenvalue weighted by Crippen LogP contribution is 2.11. The summed E-state index contributed by atoms with van der Waals surface area (Å²) in [5, 5.41) is 9.78. The summed E-state index contributed by atoms with van der Waals surface area (Å²) in [5.74, 6) is 0. The second kappa shape index (κ2) is 5.55. The second-order valence-corrected chi connectivity index (χ2v) is 4.07. The van der Waals surface area contributed by atoms with Gasteiger partial charge in [-0.1, -0.05) is 19.8 Å². The molecule has 0 aliphatic rings. The maximum atomic E-state index is 9.78. The molecule has 1 N–H and O–H groups in total. The van der Waals surface area contributed by atoms with Crippen LogP contribution in [0.5, 0.6) is 0 Å². The Balaban J connectivity index is 3.63. The van der Waals surface area contributed by atoms with Gasteiger partial charge in [0.25, 0.3) is 0 Å². The lowest BCUT2D eigenvalue weighted by molar-refractivity contribution is -0.935. The molecule has 0 aliphatic carbocycles. The highest BCUT2D eigenvalue weighted by molar-refractivity contribution is 4.44. The molecule has 0 saturated heterocycles. The molecule has 0 aromatic carbocycles. The van der Waals surface area contributed by atoms with Crippen molar-refractivity contribution in [3.8, 4) is 0 Å². The first-order valence-corrected chi connectivity index (χ1v) is 5.05. The summed E-state index contributed by atoms with van der Waals surface area (Å²) in [5.41, 5.74) is 0. The van der Waals surface area contributed by atoms with Gasteiger partial charge in [-0.05, 0) is 13.3 Å². The van der Waals surface area contributed by atoms with Crippen LogP contribution in [0, 0.1) is 0 Å². The van der Waals surface area contributed by atoms with Gasteiger partial charge >= 0.3 is 0 Å². The van der Waals surface area contributed by atoms with E-state index in [1.54, 1.807) is 0 Å². The van der Waals surface area contributed by atoms with Gasteiger partial charge in [-0.2, -0.15) is 0 Å². The van der Waals surface area contributed by atoms with E-state index < -0.39 is 0 Å². The van der Waals surface area contributed by atoms with E-state index in [1.807, 2.05) is 0 Å². The zero-order valence-electron chi connectivity index (χ0n) is 9.01. The Bertz CT molecular complexity index is 112. The molecule has 0 rings (SSSR count). The van der Waals surface area contributed by atoms with Crippen molar-refractivity contribution < 1.29 is 9.59 Å². The van der Waals surface area contributed by atoms with Crippen molar-refractivity contribution >= 4 is 0 Å². The monoisotopic (exact) mass is 174 g/mol. The summed E-state index contributed by atoms with van der Waals surface area (Å²) in [6.07, 6.45) is 4.38. The number of nitrogens with zero attached hydrogens (tertiary/aromatic N) is 1. The largest absolute Gasteiger partial charge is 0.345 e. The molecule has 1 atom stereocenters. The Hall–Kier alpha value is -0.0800. The van der Waals surface area contributed by atoms with E-state index in [0.29, 0.717) is 0 Å². The smallest absolute Gasteiger partial charge is 0.190 e. The van der Waals surface area contributed by atoms with Crippen molar-refractivity contribution in [1.29, 1.82) is 0 Å². The van der Waals surface area contributed by atoms with Gasteiger partial charge in [-0.25, -0.2) is 0 Å². The van der Waals surface area contributed by atoms with E-state index in [2.05, 4.69) is 27.9 Å². The van der Waals surface area contributed by atoms with Gasteiger partial charge < -0.3 is 9.59 Å². The Morgan fingerprint density at radius 2 is 1.75 bits per heavy atom. The molecule has 0 aromatic heterocycles. The molecule has 0 bridgehead atoms. The molecule has 74 valence electrons. The van der Waals surface area contributed by atoms with Gasteiger partial charge in [0, 0.05) is 6.42 Å². The molecule has 12 heavy (non-hydrogen) atoms. The van der Waals surface area contributed by atoms with Crippen LogP contribution in [-0.4, -0.2) is 36.5 Å². The Morgan fingerprint density at radius 3 is 2.17 bits per heavy atom. The summed E-state index contributed by atoms with van der Waals surface area (Å²) < 4.78 is 0.726. The lowest BCUT2D eigenvalue weighted by Crippen LogP contribution is -2.48. The summed E-state index contributed by atoms with van der Waals surface area (Å²) in [6.45, 7) is 5.29. The Morgan fingerprint density at radius 1 is 1.17 bits per heavy atom. The third-order valence-electron chi connectivity index (χ3n) is 2.69. The Labute approximate surface area is 76.8 Å². The van der Waals surface area contributed by atoms with Gasteiger partial charge in [0.2, 0.25) is 0 Å². The van der Waals surface area contributed by atoms with Gasteiger partial charge in [-0.3, -0.25) is 0 Å². The quantitative estimate of drug-likeness (QED) is 0.371. The van der Waals surface area contributed by atoms with Crippen LogP contribution < -0.4 is 0 Å². The average molecular weight is 174 g/mol. The molecule has 2 nitrogen and oxygen atoms in total. The molecule has 0 fully saturated rings. The van der Waals surface area contributed by atoms with Crippen LogP contribution in [0.3, 0.4) is 0 Å². The van der Waals surface area contributed by atoms with Crippen molar-refractivity contribution in [2.75, 3.05) is 20.6 Å². The van der Waals surface area contributed by atoms with Crippen LogP contribution >= 0.6 is 0 Å². The highest BCUT2D eigenvalue weighted by Gasteiger charge is 2.22. The number of aliphatic hydroxyl groups excluding tert-OH is 1. The predicted molar refractivity (Wildman–Crippen MR) is 52.8 cm³/mol. The summed E-state index contributed by atoms with van der Waals surface area (Å²) in [7, 11) is 4.16. The standard InChI is InChI=1S/C10H24NO/c1-5-7-8-9-10(12)11(3,4)6-2/h10,12H,5-9H2,1-4H3/q+1. The first-order valence-electron chi connectivity index (χ1n) is 5.05. The lowest BCUT2D eigenvalue weighted by atomic mass is 10.1. The fraction of sp³-hybridized carbons (Fsp3) is 1.00. The van der Waals surface area contributed by atoms with Crippen LogP contribution in [0.2, 0.25) is 0 Å². The van der Waals surface area contributed by atoms with Crippen molar-refractivity contribution in [2.45, 2.75) is 45.8 Å². The van der Waals surface area contributed by atoms with E-state index in [9.17, 15) is 5.11 Å². The molecule has 0 spiro atoms. The van der Waals surface area contributed by atoms with Gasteiger partial charge in [0.1, 0.15) is 0 Å². The van der Waals surface area contributed by atoms with Crippen LogP contribution in [-0.2, 0) is 0 Å². The molecular weight excluding hydrogens is 150 g/mol. The lowest BCUT2D eigenvalue weighted by Gasteiger charge is -2.33. The number of rotatable bonds is 6. The first kappa shape index (κ1) is 11.9. The van der Waals surface area contributed by atoms with Crippen LogP contribution in [0.15, 0.2) is 0 Å². The fourth-order valence-electron chi connectivity index (χ4n) is 1.14. The number of aliphatic hydroxyl groups is 1. The maximum Gasteiger partial charge on any atom is 0.190 e. The molecule has 2 heteroatoms. The fourth-order valence-corrected chi connectivity index (χ4v) is 1.14. The summed E-state index contributed by atoms with van der Waals surface area (Å²) >= 11 is 0. The predicted octanol–water partition coefficient (Wildman–Crippen LogP) is 1.98.